The van der Waals surface area contributed by atoms with E-state index >= 15 is 0 Å². The molecule has 0 atom stereocenters. The summed E-state index contributed by atoms with van der Waals surface area (Å²) in [5, 5.41) is 7.34. The molecule has 3 rings (SSSR count). The maximum atomic E-state index is 13.8. The average molecular weight is 368 g/mol. The maximum Gasteiger partial charge on any atom is 0.417 e. The van der Waals surface area contributed by atoms with Crippen LogP contribution in [0, 0.1) is 11.6 Å². The lowest BCUT2D eigenvalue weighted by Crippen LogP contribution is -2.20. The second kappa shape index (κ2) is 6.21. The Labute approximate surface area is 142 Å². The summed E-state index contributed by atoms with van der Waals surface area (Å²) in [4.78, 5) is 11.9. The summed E-state index contributed by atoms with van der Waals surface area (Å²) in [6, 6.07) is 6.20. The highest BCUT2D eigenvalue weighted by Crippen LogP contribution is 2.38. The van der Waals surface area contributed by atoms with Gasteiger partial charge in [-0.1, -0.05) is 18.2 Å². The molecule has 0 bridgehead atoms. The number of amides is 1. The van der Waals surface area contributed by atoms with Crippen LogP contribution in [0.3, 0.4) is 0 Å². The molecule has 3 aromatic rings. The summed E-state index contributed by atoms with van der Waals surface area (Å²) in [6.07, 6.45) is -4.00. The van der Waals surface area contributed by atoms with Crippen molar-refractivity contribution in [1.29, 1.82) is 0 Å². The third-order valence-electron chi connectivity index (χ3n) is 3.52. The highest BCUT2D eigenvalue weighted by atomic mass is 19.4. The number of para-hydroxylation sites is 1. The van der Waals surface area contributed by atoms with Gasteiger partial charge in [0, 0.05) is 5.56 Å². The molecule has 0 spiro atoms. The van der Waals surface area contributed by atoms with Crippen molar-refractivity contribution in [3.63, 3.8) is 0 Å². The zero-order valence-corrected chi connectivity index (χ0v) is 12.8. The average Bonchev–Trinajstić information content (AvgIpc) is 3.02. The van der Waals surface area contributed by atoms with E-state index in [0.717, 1.165) is 36.5 Å². The fourth-order valence-electron chi connectivity index (χ4n) is 2.45. The number of hydrogen-bond donors (Lipinski definition) is 1. The van der Waals surface area contributed by atoms with Gasteiger partial charge in [0.25, 0.3) is 0 Å². The van der Waals surface area contributed by atoms with Crippen LogP contribution < -0.4 is 5.73 Å². The van der Waals surface area contributed by atoms with Gasteiger partial charge >= 0.3 is 6.18 Å². The van der Waals surface area contributed by atoms with Crippen LogP contribution in [-0.2, 0) is 6.18 Å². The maximum absolute atomic E-state index is 13.8. The monoisotopic (exact) mass is 368 g/mol. The molecule has 2 aromatic carbocycles. The van der Waals surface area contributed by atoms with Gasteiger partial charge in [0.05, 0.1) is 17.3 Å². The zero-order valence-electron chi connectivity index (χ0n) is 12.8. The van der Waals surface area contributed by atoms with E-state index in [4.69, 9.17) is 5.73 Å². The highest BCUT2D eigenvalue weighted by molar-refractivity contribution is 5.96. The first kappa shape index (κ1) is 17.5. The third-order valence-corrected chi connectivity index (χ3v) is 3.52. The minimum atomic E-state index is -4.91. The van der Waals surface area contributed by atoms with Crippen LogP contribution in [0.1, 0.15) is 15.9 Å². The molecule has 5 nitrogen and oxygen atoms in total. The van der Waals surface area contributed by atoms with Crippen molar-refractivity contribution in [2.24, 2.45) is 5.73 Å². The summed E-state index contributed by atoms with van der Waals surface area (Å²) in [5.41, 5.74) is 1.51. The number of nitrogens with two attached hydrogens (primary N) is 1. The van der Waals surface area contributed by atoms with Crippen LogP contribution in [0.4, 0.5) is 22.0 Å². The number of hydrogen-bond acceptors (Lipinski definition) is 3. The number of alkyl halides is 3. The Morgan fingerprint density at radius 3 is 2.23 bits per heavy atom. The largest absolute Gasteiger partial charge is 0.417 e. The molecule has 2 N–H and O–H groups in total. The fraction of sp³-hybridized carbons (Fsp3) is 0.0625. The van der Waals surface area contributed by atoms with Crippen LogP contribution >= 0.6 is 0 Å². The van der Waals surface area contributed by atoms with Crippen molar-refractivity contribution in [3.8, 4) is 16.9 Å². The van der Waals surface area contributed by atoms with Gasteiger partial charge in [0.1, 0.15) is 5.69 Å². The van der Waals surface area contributed by atoms with E-state index in [9.17, 15) is 26.7 Å². The molecule has 26 heavy (non-hydrogen) atoms. The summed E-state index contributed by atoms with van der Waals surface area (Å²) < 4.78 is 67.9. The smallest absolute Gasteiger partial charge is 0.366 e. The first-order valence-corrected chi connectivity index (χ1v) is 7.07. The lowest BCUT2D eigenvalue weighted by Gasteiger charge is -2.14. The summed E-state index contributed by atoms with van der Waals surface area (Å²) >= 11 is 0. The quantitative estimate of drug-likeness (QED) is 0.721. The second-order valence-corrected chi connectivity index (χ2v) is 5.18. The fourth-order valence-corrected chi connectivity index (χ4v) is 2.45. The Hall–Kier alpha value is -3.30. The second-order valence-electron chi connectivity index (χ2n) is 5.18. The van der Waals surface area contributed by atoms with Gasteiger partial charge in [0.2, 0.25) is 5.91 Å². The number of primary amides is 1. The van der Waals surface area contributed by atoms with Crippen LogP contribution in [0.5, 0.6) is 0 Å². The van der Waals surface area contributed by atoms with Gasteiger partial charge in [-0.05, 0) is 18.2 Å². The number of halogens is 5. The van der Waals surface area contributed by atoms with Gasteiger partial charge in [-0.2, -0.15) is 18.3 Å². The normalized spacial score (nSPS) is 11.6. The molecule has 0 saturated heterocycles. The standard InChI is InChI=1S/C16H9F5N4O/c17-10-5-2-6-11(18)14(10)25-23-7-12(24-25)8-3-1-4-9(15(22)26)13(8)16(19,20)21/h1-7H,(H2,22,26). The predicted molar refractivity (Wildman–Crippen MR) is 80.2 cm³/mol. The van der Waals surface area contributed by atoms with Crippen molar-refractivity contribution in [1.82, 2.24) is 15.0 Å². The molecule has 0 aliphatic carbocycles. The van der Waals surface area contributed by atoms with E-state index in [-0.39, 0.29) is 5.69 Å². The van der Waals surface area contributed by atoms with E-state index in [1.54, 1.807) is 0 Å². The van der Waals surface area contributed by atoms with E-state index in [2.05, 4.69) is 10.2 Å². The molecule has 0 aliphatic heterocycles. The lowest BCUT2D eigenvalue weighted by atomic mass is 9.98. The third kappa shape index (κ3) is 3.01. The van der Waals surface area contributed by atoms with Crippen LogP contribution in [0.2, 0.25) is 0 Å². The van der Waals surface area contributed by atoms with Gasteiger partial charge in [-0.25, -0.2) is 8.78 Å². The van der Waals surface area contributed by atoms with Crippen molar-refractivity contribution >= 4 is 5.91 Å². The van der Waals surface area contributed by atoms with Crippen molar-refractivity contribution in [2.75, 3.05) is 0 Å². The molecule has 0 fully saturated rings. The van der Waals surface area contributed by atoms with Crippen LogP contribution in [0.15, 0.2) is 42.6 Å². The molecule has 1 aromatic heterocycles. The summed E-state index contributed by atoms with van der Waals surface area (Å²) in [6.45, 7) is 0. The Morgan fingerprint density at radius 2 is 1.65 bits per heavy atom. The topological polar surface area (TPSA) is 73.8 Å². The predicted octanol–water partition coefficient (Wildman–Crippen LogP) is 3.33. The lowest BCUT2D eigenvalue weighted by molar-refractivity contribution is -0.137. The molecule has 0 unspecified atom stereocenters. The molecule has 134 valence electrons. The number of carbonyl (C=O) groups excluding carboxylic acids is 1. The highest BCUT2D eigenvalue weighted by Gasteiger charge is 2.38. The Bertz CT molecular complexity index is 976. The van der Waals surface area contributed by atoms with Crippen LogP contribution in [0.25, 0.3) is 16.9 Å². The van der Waals surface area contributed by atoms with Gasteiger partial charge in [-0.3, -0.25) is 4.79 Å². The Kier molecular flexibility index (Phi) is 4.18. The molecule has 10 heteroatoms. The number of nitrogens with zero attached hydrogens (tertiary/aromatic N) is 3. The Morgan fingerprint density at radius 1 is 1.04 bits per heavy atom. The van der Waals surface area contributed by atoms with Crippen molar-refractivity contribution in [2.45, 2.75) is 6.18 Å². The van der Waals surface area contributed by atoms with Crippen LogP contribution in [-0.4, -0.2) is 20.9 Å². The van der Waals surface area contributed by atoms with Crippen molar-refractivity contribution < 1.29 is 26.7 Å². The number of benzene rings is 2. The van der Waals surface area contributed by atoms with Gasteiger partial charge in [0.15, 0.2) is 17.3 Å². The molecule has 0 radical (unpaired) electrons. The molecular formula is C16H9F5N4O. The molecule has 0 saturated carbocycles. The van der Waals surface area contributed by atoms with Gasteiger partial charge < -0.3 is 5.73 Å². The minimum Gasteiger partial charge on any atom is -0.366 e. The number of carbonyl (C=O) groups is 1. The molecule has 1 amide bonds. The number of aromatic nitrogens is 3. The first-order chi connectivity index (χ1) is 12.2. The molecule has 0 aliphatic rings. The van der Waals surface area contributed by atoms with Gasteiger partial charge in [-0.15, -0.1) is 9.90 Å². The molecular weight excluding hydrogens is 359 g/mol. The number of rotatable bonds is 3. The Balaban J connectivity index is 2.20. The van der Waals surface area contributed by atoms with E-state index in [1.165, 1.54) is 6.07 Å². The van der Waals surface area contributed by atoms with E-state index in [1.807, 2.05) is 0 Å². The van der Waals surface area contributed by atoms with E-state index < -0.39 is 46.1 Å². The van der Waals surface area contributed by atoms with Crippen molar-refractivity contribution in [3.05, 3.63) is 65.4 Å². The van der Waals surface area contributed by atoms with E-state index in [0.29, 0.717) is 4.80 Å². The summed E-state index contributed by atoms with van der Waals surface area (Å²) in [7, 11) is 0. The first-order valence-electron chi connectivity index (χ1n) is 7.07. The SMILES string of the molecule is NC(=O)c1cccc(-c2cnn(-c3c(F)cccc3F)n2)c1C(F)(F)F. The summed E-state index contributed by atoms with van der Waals surface area (Å²) in [5.74, 6) is -3.25. The zero-order chi connectivity index (χ0) is 19.1. The minimum absolute atomic E-state index is 0.330. The molecule has 1 heterocycles.